The average Bonchev–Trinajstić information content (AvgIpc) is 2.32. The van der Waals surface area contributed by atoms with Crippen molar-refractivity contribution in [3.8, 4) is 0 Å². The predicted octanol–water partition coefficient (Wildman–Crippen LogP) is 8.71. The molecule has 0 aromatic carbocycles. The van der Waals surface area contributed by atoms with E-state index in [1.54, 1.807) is 0 Å². The molecule has 0 aromatic heterocycles. The van der Waals surface area contributed by atoms with Crippen LogP contribution in [0.4, 0.5) is 0 Å². The fraction of sp³-hybridized carbons (Fsp3) is 1.00. The molecule has 0 bridgehead atoms. The van der Waals surface area contributed by atoms with Gasteiger partial charge in [-0.3, -0.25) is 0 Å². The summed E-state index contributed by atoms with van der Waals surface area (Å²) >= 11 is 0. The van der Waals surface area contributed by atoms with Crippen molar-refractivity contribution in [2.24, 2.45) is 0 Å². The number of rotatable bonds is 8. The molecule has 0 atom stereocenters. The molecule has 0 N–H and O–H groups in total. The zero-order valence-electron chi connectivity index (χ0n) is 22.9. The quantitative estimate of drug-likeness (QED) is 0.354. The number of hydrogen-bond acceptors (Lipinski definition) is 0. The van der Waals surface area contributed by atoms with Crippen LogP contribution in [0.1, 0.15) is 111 Å². The van der Waals surface area contributed by atoms with E-state index in [1.807, 2.05) is 0 Å². The van der Waals surface area contributed by atoms with E-state index in [4.69, 9.17) is 0 Å². The third-order valence-corrected chi connectivity index (χ3v) is 2.39. The van der Waals surface area contributed by atoms with E-state index in [2.05, 4.69) is 132 Å². The molecule has 177 valence electrons. The van der Waals surface area contributed by atoms with Crippen LogP contribution in [0, 0.1) is 0 Å². The Bertz CT molecular complexity index is 196. The smallest absolute Gasteiger partial charge is 0.658 e. The summed E-state index contributed by atoms with van der Waals surface area (Å²) in [6.45, 7) is 33.6. The molecule has 0 aromatic rings. The minimum atomic E-state index is 0. The topological polar surface area (TPSA) is 56.4 Å². The molecule has 0 spiro atoms. The predicted molar refractivity (Wildman–Crippen MR) is 135 cm³/mol. The fourth-order valence-corrected chi connectivity index (χ4v) is 2.39. The molecular weight excluding hydrogens is 395 g/mol. The summed E-state index contributed by atoms with van der Waals surface area (Å²) in [6, 6.07) is 4.00. The van der Waals surface area contributed by atoms with Crippen LogP contribution in [0.25, 0.3) is 21.3 Å². The Balaban J connectivity index is -0.0000000873. The summed E-state index contributed by atoms with van der Waals surface area (Å²) in [5, 5.41) is 17.1. The van der Waals surface area contributed by atoms with Gasteiger partial charge in [0, 0.05) is 0 Å². The van der Waals surface area contributed by atoms with Crippen molar-refractivity contribution in [3.05, 3.63) is 21.3 Å². The second-order valence-corrected chi connectivity index (χ2v) is 9.35. The minimum absolute atomic E-state index is 0. The Labute approximate surface area is 198 Å². The van der Waals surface area contributed by atoms with Crippen molar-refractivity contribution < 1.29 is 18.6 Å². The van der Waals surface area contributed by atoms with Crippen LogP contribution in [-0.4, -0.2) is 48.3 Å². The molecule has 0 saturated carbocycles. The van der Waals surface area contributed by atoms with Crippen LogP contribution in [0.2, 0.25) is 0 Å². The molecular formula is C24H56N4V. The molecule has 0 rings (SSSR count). The fourth-order valence-electron chi connectivity index (χ4n) is 2.39. The average molecular weight is 452 g/mol. The van der Waals surface area contributed by atoms with Crippen LogP contribution >= 0.6 is 0 Å². The van der Waals surface area contributed by atoms with Gasteiger partial charge in [-0.1, -0.05) is 111 Å². The van der Waals surface area contributed by atoms with E-state index >= 15 is 0 Å². The molecule has 0 aliphatic heterocycles. The molecule has 0 aliphatic carbocycles. The van der Waals surface area contributed by atoms with Crippen molar-refractivity contribution in [2.45, 2.75) is 159 Å². The van der Waals surface area contributed by atoms with Crippen LogP contribution in [0.15, 0.2) is 0 Å². The molecule has 1 radical (unpaired) electrons. The summed E-state index contributed by atoms with van der Waals surface area (Å²) in [7, 11) is 0. The summed E-state index contributed by atoms with van der Waals surface area (Å²) in [5.74, 6) is 0. The second-order valence-electron chi connectivity index (χ2n) is 9.35. The van der Waals surface area contributed by atoms with Crippen LogP contribution in [0.5, 0.6) is 0 Å². The van der Waals surface area contributed by atoms with Gasteiger partial charge in [0.15, 0.2) is 0 Å². The van der Waals surface area contributed by atoms with Gasteiger partial charge < -0.3 is 21.3 Å². The summed E-state index contributed by atoms with van der Waals surface area (Å²) in [6.07, 6.45) is 0. The number of hydrogen-bond donors (Lipinski definition) is 0. The molecule has 0 saturated heterocycles. The third-order valence-electron chi connectivity index (χ3n) is 2.39. The van der Waals surface area contributed by atoms with Crippen LogP contribution < -0.4 is 0 Å². The molecule has 29 heavy (non-hydrogen) atoms. The first-order chi connectivity index (χ1) is 12.5. The SMILES string of the molecule is CC(C)[N-]C(C)C.CC(C)[N-]C(C)C.CC(C)[N-]C(C)C.CC(C)[N-]C(C)C.[V+4]. The monoisotopic (exact) mass is 451 g/mol. The zero-order chi connectivity index (χ0) is 23.4. The van der Waals surface area contributed by atoms with Gasteiger partial charge in [-0.2, -0.15) is 0 Å². The Morgan fingerprint density at radius 3 is 0.310 bits per heavy atom. The molecule has 0 fully saturated rings. The Morgan fingerprint density at radius 1 is 0.241 bits per heavy atom. The van der Waals surface area contributed by atoms with E-state index in [1.165, 1.54) is 0 Å². The van der Waals surface area contributed by atoms with Gasteiger partial charge in [-0.05, 0) is 0 Å². The van der Waals surface area contributed by atoms with E-state index in [0.29, 0.717) is 48.3 Å². The Hall–Kier alpha value is 0.424. The van der Waals surface area contributed by atoms with Gasteiger partial charge in [0.1, 0.15) is 0 Å². The molecule has 0 unspecified atom stereocenters. The van der Waals surface area contributed by atoms with Gasteiger partial charge in [-0.15, -0.1) is 48.3 Å². The normalized spacial score (nSPS) is 10.8. The van der Waals surface area contributed by atoms with Crippen LogP contribution in [-0.2, 0) is 18.6 Å². The van der Waals surface area contributed by atoms with Crippen molar-refractivity contribution in [1.29, 1.82) is 0 Å². The van der Waals surface area contributed by atoms with Crippen molar-refractivity contribution in [3.63, 3.8) is 0 Å². The first kappa shape index (κ1) is 39.9. The van der Waals surface area contributed by atoms with Crippen molar-refractivity contribution in [1.82, 2.24) is 0 Å². The van der Waals surface area contributed by atoms with E-state index in [-0.39, 0.29) is 18.6 Å². The first-order valence-corrected chi connectivity index (χ1v) is 11.3. The standard InChI is InChI=1S/4C6H14N.V/c4*1-5(2)7-6(3)4;/h4*5-6H,1-4H3;/q4*-1;+4. The van der Waals surface area contributed by atoms with Crippen molar-refractivity contribution >= 4 is 0 Å². The zero-order valence-corrected chi connectivity index (χ0v) is 24.3. The van der Waals surface area contributed by atoms with Gasteiger partial charge in [0.2, 0.25) is 0 Å². The van der Waals surface area contributed by atoms with E-state index in [0.717, 1.165) is 0 Å². The molecule has 5 heteroatoms. The maximum absolute atomic E-state index is 4.28. The molecule has 0 aliphatic rings. The molecule has 4 nitrogen and oxygen atoms in total. The van der Waals surface area contributed by atoms with Gasteiger partial charge in [0.25, 0.3) is 0 Å². The molecule has 0 amide bonds. The summed E-state index contributed by atoms with van der Waals surface area (Å²) in [5.41, 5.74) is 0. The Morgan fingerprint density at radius 2 is 0.310 bits per heavy atom. The maximum Gasteiger partial charge on any atom is 4.00 e. The van der Waals surface area contributed by atoms with Gasteiger partial charge in [-0.25, -0.2) is 0 Å². The minimum Gasteiger partial charge on any atom is -0.658 e. The second kappa shape index (κ2) is 26.5. The summed E-state index contributed by atoms with van der Waals surface area (Å²) < 4.78 is 0. The van der Waals surface area contributed by atoms with Crippen molar-refractivity contribution in [2.75, 3.05) is 0 Å². The Kier molecular flexibility index (Phi) is 36.4. The van der Waals surface area contributed by atoms with Gasteiger partial charge >= 0.3 is 18.6 Å². The first-order valence-electron chi connectivity index (χ1n) is 11.3. The summed E-state index contributed by atoms with van der Waals surface area (Å²) in [4.78, 5) is 0. The van der Waals surface area contributed by atoms with E-state index in [9.17, 15) is 0 Å². The third kappa shape index (κ3) is 73.6. The van der Waals surface area contributed by atoms with Gasteiger partial charge in [0.05, 0.1) is 0 Å². The number of nitrogens with zero attached hydrogens (tertiary/aromatic N) is 4. The molecule has 0 heterocycles. The largest absolute Gasteiger partial charge is 4.00 e. The maximum atomic E-state index is 4.28. The van der Waals surface area contributed by atoms with Crippen LogP contribution in [0.3, 0.4) is 0 Å². The van der Waals surface area contributed by atoms with E-state index < -0.39 is 0 Å².